The topological polar surface area (TPSA) is 92.3 Å². The minimum Gasteiger partial charge on any atom is -0.465 e. The molecule has 0 bridgehead atoms. The molecule has 0 aliphatic heterocycles. The van der Waals surface area contributed by atoms with Crippen LogP contribution in [0.3, 0.4) is 0 Å². The molecule has 1 N–H and O–H groups in total. The number of furan rings is 1. The SMILES string of the molecule is COC(=O)c1c(NC(=O)/C(C#N)=C/c2ccc(-c3ccc(F)cc3)o2)sc(C)c1C. The third-order valence-corrected chi connectivity index (χ3v) is 5.53. The number of nitrogens with one attached hydrogen (secondary N) is 1. The number of hydrogen-bond acceptors (Lipinski definition) is 6. The Morgan fingerprint density at radius 2 is 1.90 bits per heavy atom. The lowest BCUT2D eigenvalue weighted by atomic mass is 10.1. The van der Waals surface area contributed by atoms with E-state index >= 15 is 0 Å². The van der Waals surface area contributed by atoms with Gasteiger partial charge in [0.1, 0.15) is 34.0 Å². The Morgan fingerprint density at radius 1 is 1.20 bits per heavy atom. The number of esters is 1. The first-order valence-electron chi connectivity index (χ1n) is 8.81. The highest BCUT2D eigenvalue weighted by atomic mass is 32.1. The summed E-state index contributed by atoms with van der Waals surface area (Å²) in [5.74, 6) is -0.850. The second kappa shape index (κ2) is 8.76. The molecule has 1 amide bonds. The van der Waals surface area contributed by atoms with Gasteiger partial charge < -0.3 is 14.5 Å². The molecule has 30 heavy (non-hydrogen) atoms. The number of nitrogens with zero attached hydrogens (tertiary/aromatic N) is 1. The number of nitriles is 1. The molecule has 2 aromatic heterocycles. The van der Waals surface area contributed by atoms with E-state index in [0.717, 1.165) is 4.88 Å². The Labute approximate surface area is 176 Å². The van der Waals surface area contributed by atoms with Crippen LogP contribution in [0.4, 0.5) is 9.39 Å². The van der Waals surface area contributed by atoms with Gasteiger partial charge in [-0.3, -0.25) is 4.79 Å². The van der Waals surface area contributed by atoms with Crippen molar-refractivity contribution in [3.63, 3.8) is 0 Å². The molecule has 0 saturated heterocycles. The Balaban J connectivity index is 1.85. The van der Waals surface area contributed by atoms with Gasteiger partial charge in [-0.1, -0.05) is 0 Å². The van der Waals surface area contributed by atoms with Crippen LogP contribution in [0.15, 0.2) is 46.4 Å². The van der Waals surface area contributed by atoms with E-state index in [4.69, 9.17) is 9.15 Å². The van der Waals surface area contributed by atoms with E-state index in [1.54, 1.807) is 31.2 Å². The van der Waals surface area contributed by atoms with E-state index in [9.17, 15) is 19.2 Å². The lowest BCUT2D eigenvalue weighted by molar-refractivity contribution is -0.112. The quantitative estimate of drug-likeness (QED) is 0.350. The van der Waals surface area contributed by atoms with Gasteiger partial charge in [-0.15, -0.1) is 11.3 Å². The fourth-order valence-electron chi connectivity index (χ4n) is 2.72. The van der Waals surface area contributed by atoms with Crippen molar-refractivity contribution < 1.29 is 23.1 Å². The summed E-state index contributed by atoms with van der Waals surface area (Å²) < 4.78 is 23.5. The fraction of sp³-hybridized carbons (Fsp3) is 0.136. The average molecular weight is 424 g/mol. The molecule has 1 aromatic carbocycles. The zero-order chi connectivity index (χ0) is 21.8. The van der Waals surface area contributed by atoms with Crippen molar-refractivity contribution >= 4 is 34.3 Å². The molecule has 0 radical (unpaired) electrons. The van der Waals surface area contributed by atoms with Crippen molar-refractivity contribution in [2.75, 3.05) is 12.4 Å². The average Bonchev–Trinajstić information content (AvgIpc) is 3.30. The first-order chi connectivity index (χ1) is 14.3. The van der Waals surface area contributed by atoms with E-state index in [1.807, 2.05) is 13.0 Å². The molecule has 0 fully saturated rings. The molecule has 0 aliphatic carbocycles. The molecule has 0 aliphatic rings. The van der Waals surface area contributed by atoms with E-state index in [-0.39, 0.29) is 22.7 Å². The molecule has 3 aromatic rings. The summed E-state index contributed by atoms with van der Waals surface area (Å²) in [6.07, 6.45) is 1.30. The van der Waals surface area contributed by atoms with Gasteiger partial charge in [0.15, 0.2) is 0 Å². The number of methoxy groups -OCH3 is 1. The first kappa shape index (κ1) is 21.0. The number of halogens is 1. The molecule has 0 saturated carbocycles. The van der Waals surface area contributed by atoms with Crippen LogP contribution in [0.5, 0.6) is 0 Å². The fourth-order valence-corrected chi connectivity index (χ4v) is 3.77. The number of hydrogen-bond donors (Lipinski definition) is 1. The number of aryl methyl sites for hydroxylation is 1. The molecular formula is C22H17FN2O4S. The van der Waals surface area contributed by atoms with Crippen LogP contribution in [0.1, 0.15) is 26.6 Å². The maximum atomic E-state index is 13.1. The van der Waals surface area contributed by atoms with Crippen LogP contribution in [-0.4, -0.2) is 19.0 Å². The summed E-state index contributed by atoms with van der Waals surface area (Å²) in [6.45, 7) is 3.58. The van der Waals surface area contributed by atoms with Crippen molar-refractivity contribution in [2.24, 2.45) is 0 Å². The molecule has 6 nitrogen and oxygen atoms in total. The molecule has 8 heteroatoms. The van der Waals surface area contributed by atoms with Gasteiger partial charge in [-0.05, 0) is 55.8 Å². The predicted octanol–water partition coefficient (Wildman–Crippen LogP) is 5.10. The largest absolute Gasteiger partial charge is 0.465 e. The molecule has 2 heterocycles. The highest BCUT2D eigenvalue weighted by Crippen LogP contribution is 2.33. The third-order valence-electron chi connectivity index (χ3n) is 4.41. The predicted molar refractivity (Wildman–Crippen MR) is 111 cm³/mol. The zero-order valence-corrected chi connectivity index (χ0v) is 17.2. The highest BCUT2D eigenvalue weighted by molar-refractivity contribution is 7.16. The van der Waals surface area contributed by atoms with Crippen molar-refractivity contribution in [3.8, 4) is 17.4 Å². The van der Waals surface area contributed by atoms with Gasteiger partial charge in [0.2, 0.25) is 0 Å². The summed E-state index contributed by atoms with van der Waals surface area (Å²) in [5.41, 5.74) is 1.43. The molecule has 152 valence electrons. The van der Waals surface area contributed by atoms with Crippen molar-refractivity contribution in [2.45, 2.75) is 13.8 Å². The normalized spacial score (nSPS) is 11.1. The standard InChI is InChI=1S/C22H17FN2O4S/c1-12-13(2)30-21(19(12)22(27)28-3)25-20(26)15(11-24)10-17-8-9-18(29-17)14-4-6-16(23)7-5-14/h4-10H,1-3H3,(H,25,26)/b15-10+. The lowest BCUT2D eigenvalue weighted by Crippen LogP contribution is -2.15. The summed E-state index contributed by atoms with van der Waals surface area (Å²) in [6, 6.07) is 10.9. The summed E-state index contributed by atoms with van der Waals surface area (Å²) in [7, 11) is 1.26. The van der Waals surface area contributed by atoms with E-state index in [1.165, 1.54) is 36.7 Å². The van der Waals surface area contributed by atoms with Crippen molar-refractivity contribution in [1.82, 2.24) is 0 Å². The summed E-state index contributed by atoms with van der Waals surface area (Å²) in [4.78, 5) is 25.5. The monoisotopic (exact) mass is 424 g/mol. The van der Waals surface area contributed by atoms with Crippen molar-refractivity contribution in [1.29, 1.82) is 5.26 Å². The van der Waals surface area contributed by atoms with Gasteiger partial charge in [-0.2, -0.15) is 5.26 Å². The number of thiophene rings is 1. The Bertz CT molecular complexity index is 1180. The molecule has 3 rings (SSSR count). The Hall–Kier alpha value is -3.70. The maximum Gasteiger partial charge on any atom is 0.341 e. The molecule has 0 atom stereocenters. The highest BCUT2D eigenvalue weighted by Gasteiger charge is 2.22. The van der Waals surface area contributed by atoms with E-state index in [0.29, 0.717) is 21.9 Å². The molecule has 0 unspecified atom stereocenters. The van der Waals surface area contributed by atoms with Crippen LogP contribution < -0.4 is 5.32 Å². The van der Waals surface area contributed by atoms with Gasteiger partial charge in [-0.25, -0.2) is 9.18 Å². The number of carbonyl (C=O) groups is 2. The van der Waals surface area contributed by atoms with Gasteiger partial charge in [0.25, 0.3) is 5.91 Å². The summed E-state index contributed by atoms with van der Waals surface area (Å²) >= 11 is 1.23. The minimum absolute atomic E-state index is 0.200. The minimum atomic E-state index is -0.677. The molecular weight excluding hydrogens is 407 g/mol. The second-order valence-corrected chi connectivity index (χ2v) is 7.54. The molecule has 0 spiro atoms. The number of anilines is 1. The van der Waals surface area contributed by atoms with Crippen LogP contribution in [0.25, 0.3) is 17.4 Å². The first-order valence-corrected chi connectivity index (χ1v) is 9.63. The number of rotatable bonds is 5. The Kier molecular flexibility index (Phi) is 6.14. The van der Waals surface area contributed by atoms with Gasteiger partial charge >= 0.3 is 5.97 Å². The van der Waals surface area contributed by atoms with Crippen LogP contribution >= 0.6 is 11.3 Å². The van der Waals surface area contributed by atoms with Gasteiger partial charge in [0, 0.05) is 16.5 Å². The maximum absolute atomic E-state index is 13.1. The van der Waals surface area contributed by atoms with Crippen LogP contribution in [0, 0.1) is 31.0 Å². The second-order valence-electron chi connectivity index (χ2n) is 6.31. The smallest absolute Gasteiger partial charge is 0.341 e. The lowest BCUT2D eigenvalue weighted by Gasteiger charge is -2.05. The van der Waals surface area contributed by atoms with E-state index in [2.05, 4.69) is 5.32 Å². The van der Waals surface area contributed by atoms with Crippen LogP contribution in [-0.2, 0) is 9.53 Å². The number of benzene rings is 1. The zero-order valence-electron chi connectivity index (χ0n) is 16.4. The number of ether oxygens (including phenoxy) is 1. The number of amides is 1. The van der Waals surface area contributed by atoms with Gasteiger partial charge in [0.05, 0.1) is 12.7 Å². The van der Waals surface area contributed by atoms with Crippen molar-refractivity contribution in [3.05, 3.63) is 69.6 Å². The Morgan fingerprint density at radius 3 is 2.53 bits per heavy atom. The van der Waals surface area contributed by atoms with Crippen LogP contribution in [0.2, 0.25) is 0 Å². The van der Waals surface area contributed by atoms with E-state index < -0.39 is 11.9 Å². The summed E-state index contributed by atoms with van der Waals surface area (Å²) in [5, 5.41) is 12.3. The number of carbonyl (C=O) groups excluding carboxylic acids is 2. The third kappa shape index (κ3) is 4.31.